The van der Waals surface area contributed by atoms with Crippen molar-refractivity contribution in [1.82, 2.24) is 14.8 Å². The zero-order chi connectivity index (χ0) is 26.8. The van der Waals surface area contributed by atoms with Crippen LogP contribution in [0.15, 0.2) is 84.2 Å². The second-order valence-electron chi connectivity index (χ2n) is 10.2. The van der Waals surface area contributed by atoms with Gasteiger partial charge in [-0.2, -0.15) is 5.10 Å². The summed E-state index contributed by atoms with van der Waals surface area (Å²) in [4.78, 5) is 17.1. The van der Waals surface area contributed by atoms with Crippen LogP contribution in [0, 0.1) is 12.8 Å². The molecule has 0 amide bonds. The van der Waals surface area contributed by atoms with Crippen molar-refractivity contribution in [2.24, 2.45) is 5.92 Å². The van der Waals surface area contributed by atoms with E-state index in [2.05, 4.69) is 84.7 Å². The number of hydrogen-bond donors (Lipinski definition) is 0. The van der Waals surface area contributed by atoms with Gasteiger partial charge in [-0.3, -0.25) is 0 Å². The smallest absolute Gasteiger partial charge is 0.357 e. The fraction of sp³-hybridized carbons (Fsp3) is 0.242. The lowest BCUT2D eigenvalue weighted by atomic mass is 9.95. The maximum atomic E-state index is 12.4. The summed E-state index contributed by atoms with van der Waals surface area (Å²) in [5, 5.41) is 7.68. The molecule has 2 aromatic heterocycles. The minimum Gasteiger partial charge on any atom is -0.461 e. The molecule has 196 valence electrons. The van der Waals surface area contributed by atoms with Crippen molar-refractivity contribution < 1.29 is 9.53 Å². The van der Waals surface area contributed by atoms with Gasteiger partial charge in [0.15, 0.2) is 5.69 Å². The summed E-state index contributed by atoms with van der Waals surface area (Å²) < 4.78 is 7.19. The lowest BCUT2D eigenvalue weighted by Gasteiger charge is -2.10. The number of nitrogens with zero attached hydrogens (tertiary/aromatic N) is 3. The Balaban J connectivity index is 1.50. The van der Waals surface area contributed by atoms with E-state index in [0.717, 1.165) is 29.7 Å². The van der Waals surface area contributed by atoms with Gasteiger partial charge in [-0.25, -0.2) is 14.5 Å². The standard InChI is InChI=1S/C33H31N3O2S/c1-3-38-32(37)29-21-39-33(34-29)36-30(19-24-16-17-24)28(18-23-14-12-22(2)13-15-23)31(35-36)27-11-7-10-26(20-27)25-8-5-4-6-9-25/h4-15,20-21,24H,3,16-19H2,1-2H3. The molecule has 5 aromatic rings. The molecule has 0 spiro atoms. The summed E-state index contributed by atoms with van der Waals surface area (Å²) in [6.07, 6.45) is 4.20. The van der Waals surface area contributed by atoms with Gasteiger partial charge in [-0.15, -0.1) is 11.3 Å². The molecule has 0 N–H and O–H groups in total. The Morgan fingerprint density at radius 2 is 1.72 bits per heavy atom. The molecule has 0 bridgehead atoms. The van der Waals surface area contributed by atoms with Crippen LogP contribution < -0.4 is 0 Å². The van der Waals surface area contributed by atoms with Gasteiger partial charge in [-0.1, -0.05) is 78.4 Å². The van der Waals surface area contributed by atoms with Crippen LogP contribution in [0.5, 0.6) is 0 Å². The largest absolute Gasteiger partial charge is 0.461 e. The van der Waals surface area contributed by atoms with Gasteiger partial charge in [-0.05, 0) is 61.8 Å². The molecule has 5 nitrogen and oxygen atoms in total. The van der Waals surface area contributed by atoms with E-state index in [-0.39, 0.29) is 0 Å². The summed E-state index contributed by atoms with van der Waals surface area (Å²) >= 11 is 1.43. The Hall–Kier alpha value is -4.03. The molecule has 0 unspecified atom stereocenters. The average Bonchev–Trinajstić information content (AvgIpc) is 3.53. The lowest BCUT2D eigenvalue weighted by molar-refractivity contribution is 0.0520. The third-order valence-electron chi connectivity index (χ3n) is 7.17. The van der Waals surface area contributed by atoms with Crippen LogP contribution in [0.3, 0.4) is 0 Å². The Kier molecular flexibility index (Phi) is 7.12. The molecule has 6 rings (SSSR count). The first kappa shape index (κ1) is 25.3. The SMILES string of the molecule is CCOC(=O)c1csc(-n2nc(-c3cccc(-c4ccccc4)c3)c(Cc3ccc(C)cc3)c2CC2CC2)n1. The quantitative estimate of drug-likeness (QED) is 0.182. The number of aromatic nitrogens is 3. The predicted octanol–water partition coefficient (Wildman–Crippen LogP) is 7.69. The Labute approximate surface area is 233 Å². The van der Waals surface area contributed by atoms with E-state index in [1.54, 1.807) is 12.3 Å². The molecular weight excluding hydrogens is 502 g/mol. The molecule has 0 atom stereocenters. The molecule has 39 heavy (non-hydrogen) atoms. The van der Waals surface area contributed by atoms with Gasteiger partial charge in [0.2, 0.25) is 5.13 Å². The van der Waals surface area contributed by atoms with Crippen LogP contribution in [0.4, 0.5) is 0 Å². The molecular formula is C33H31N3O2S. The monoisotopic (exact) mass is 533 g/mol. The number of esters is 1. The van der Waals surface area contributed by atoms with Crippen LogP contribution in [0.25, 0.3) is 27.5 Å². The van der Waals surface area contributed by atoms with Crippen LogP contribution in [0.1, 0.15) is 52.6 Å². The maximum Gasteiger partial charge on any atom is 0.357 e. The number of benzene rings is 3. The fourth-order valence-corrected chi connectivity index (χ4v) is 5.68. The topological polar surface area (TPSA) is 57.0 Å². The summed E-state index contributed by atoms with van der Waals surface area (Å²) in [6.45, 7) is 4.24. The van der Waals surface area contributed by atoms with E-state index in [1.165, 1.54) is 52.1 Å². The molecule has 1 fully saturated rings. The molecule has 2 heterocycles. The number of carbonyl (C=O) groups excluding carboxylic acids is 1. The minimum absolute atomic E-state index is 0.322. The van der Waals surface area contributed by atoms with Crippen molar-refractivity contribution in [2.75, 3.05) is 6.61 Å². The Morgan fingerprint density at radius 1 is 0.974 bits per heavy atom. The zero-order valence-corrected chi connectivity index (χ0v) is 23.1. The minimum atomic E-state index is -0.397. The molecule has 3 aromatic carbocycles. The van der Waals surface area contributed by atoms with Gasteiger partial charge in [0.25, 0.3) is 0 Å². The van der Waals surface area contributed by atoms with Crippen molar-refractivity contribution in [3.63, 3.8) is 0 Å². The van der Waals surface area contributed by atoms with E-state index in [9.17, 15) is 4.79 Å². The Bertz CT molecular complexity index is 1600. The molecule has 1 aliphatic carbocycles. The number of rotatable bonds is 9. The first-order valence-electron chi connectivity index (χ1n) is 13.5. The van der Waals surface area contributed by atoms with Crippen LogP contribution in [-0.4, -0.2) is 27.3 Å². The van der Waals surface area contributed by atoms with E-state index >= 15 is 0 Å². The third kappa shape index (κ3) is 5.57. The molecule has 6 heteroatoms. The zero-order valence-electron chi connectivity index (χ0n) is 22.3. The summed E-state index contributed by atoms with van der Waals surface area (Å²) in [7, 11) is 0. The summed E-state index contributed by atoms with van der Waals surface area (Å²) in [5.74, 6) is 0.261. The molecule has 1 saturated carbocycles. The fourth-order valence-electron chi connectivity index (χ4n) is 4.91. The Morgan fingerprint density at radius 3 is 2.46 bits per heavy atom. The van der Waals surface area contributed by atoms with Crippen LogP contribution in [-0.2, 0) is 17.6 Å². The van der Waals surface area contributed by atoms with Crippen molar-refractivity contribution >= 4 is 17.3 Å². The first-order chi connectivity index (χ1) is 19.1. The molecule has 0 aliphatic heterocycles. The molecule has 0 saturated heterocycles. The highest BCUT2D eigenvalue weighted by molar-refractivity contribution is 7.12. The summed E-state index contributed by atoms with van der Waals surface area (Å²) in [5.41, 5.74) is 9.63. The van der Waals surface area contributed by atoms with Crippen LogP contribution in [0.2, 0.25) is 0 Å². The highest BCUT2D eigenvalue weighted by Gasteiger charge is 2.29. The second kappa shape index (κ2) is 11.0. The normalized spacial score (nSPS) is 13.0. The number of thiazole rings is 1. The first-order valence-corrected chi connectivity index (χ1v) is 14.4. The van der Waals surface area contributed by atoms with E-state index in [0.29, 0.717) is 23.4 Å². The third-order valence-corrected chi connectivity index (χ3v) is 7.99. The highest BCUT2D eigenvalue weighted by atomic mass is 32.1. The van der Waals surface area contributed by atoms with Crippen molar-refractivity contribution in [3.8, 4) is 27.5 Å². The van der Waals surface area contributed by atoms with Gasteiger partial charge in [0.1, 0.15) is 0 Å². The maximum absolute atomic E-state index is 12.4. The van der Waals surface area contributed by atoms with Crippen molar-refractivity contribution in [3.05, 3.63) is 112 Å². The van der Waals surface area contributed by atoms with Gasteiger partial charge >= 0.3 is 5.97 Å². The van der Waals surface area contributed by atoms with Gasteiger partial charge < -0.3 is 4.74 Å². The number of hydrogen-bond acceptors (Lipinski definition) is 5. The lowest BCUT2D eigenvalue weighted by Crippen LogP contribution is -2.08. The highest BCUT2D eigenvalue weighted by Crippen LogP contribution is 2.38. The number of ether oxygens (including phenoxy) is 1. The van der Waals surface area contributed by atoms with Crippen LogP contribution >= 0.6 is 11.3 Å². The van der Waals surface area contributed by atoms with Crippen molar-refractivity contribution in [1.29, 1.82) is 0 Å². The van der Waals surface area contributed by atoms with Gasteiger partial charge in [0.05, 0.1) is 18.0 Å². The predicted molar refractivity (Wildman–Crippen MR) is 156 cm³/mol. The molecule has 1 aliphatic rings. The van der Waals surface area contributed by atoms with E-state index in [4.69, 9.17) is 9.84 Å². The second-order valence-corrected chi connectivity index (χ2v) is 11.0. The van der Waals surface area contributed by atoms with E-state index in [1.807, 2.05) is 10.7 Å². The van der Waals surface area contributed by atoms with Gasteiger partial charge in [0, 0.05) is 22.9 Å². The van der Waals surface area contributed by atoms with E-state index < -0.39 is 5.97 Å². The molecule has 0 radical (unpaired) electrons. The number of aryl methyl sites for hydroxylation is 1. The summed E-state index contributed by atoms with van der Waals surface area (Å²) in [6, 6.07) is 27.8. The van der Waals surface area contributed by atoms with Crippen molar-refractivity contribution in [2.45, 2.75) is 39.5 Å². The number of carbonyl (C=O) groups is 1. The average molecular weight is 534 g/mol.